The third-order valence-electron chi connectivity index (χ3n) is 6.41. The van der Waals surface area contributed by atoms with Crippen LogP contribution in [0.2, 0.25) is 0 Å². The third kappa shape index (κ3) is 3.18. The molecule has 1 N–H and O–H groups in total. The van der Waals surface area contributed by atoms with E-state index in [0.717, 1.165) is 66.1 Å². The number of nitrogens with zero attached hydrogens (tertiary/aromatic N) is 4. The maximum atomic E-state index is 5.89. The van der Waals surface area contributed by atoms with Gasteiger partial charge < -0.3 is 23.9 Å². The SMILES string of the molecule is C[C@@H]1COCCN1c1nc(-c2cccc3[nH]ccc23)nc2c(C3CCOCC3)noc12. The molecule has 0 amide bonds. The summed E-state index contributed by atoms with van der Waals surface area (Å²) >= 11 is 0. The van der Waals surface area contributed by atoms with E-state index >= 15 is 0 Å². The molecule has 1 aromatic carbocycles. The number of nitrogens with one attached hydrogen (secondary N) is 1. The summed E-state index contributed by atoms with van der Waals surface area (Å²) in [5, 5.41) is 5.59. The van der Waals surface area contributed by atoms with Crippen molar-refractivity contribution < 1.29 is 14.0 Å². The Morgan fingerprint density at radius 1 is 1.06 bits per heavy atom. The van der Waals surface area contributed by atoms with E-state index in [9.17, 15) is 0 Å². The Balaban J connectivity index is 1.57. The maximum absolute atomic E-state index is 5.89. The standard InChI is InChI=1S/C23H25N5O3/c1-14-13-30-12-9-28(14)23-21-20(19(27-31-21)15-6-10-29-11-7-15)25-22(26-23)17-3-2-4-18-16(17)5-8-24-18/h2-5,8,14-15,24H,6-7,9-13H2,1H3/t14-/m1/s1. The Bertz CT molecular complexity index is 1230. The molecule has 31 heavy (non-hydrogen) atoms. The molecule has 3 aromatic heterocycles. The summed E-state index contributed by atoms with van der Waals surface area (Å²) in [6, 6.07) is 8.44. The molecule has 160 valence electrons. The van der Waals surface area contributed by atoms with E-state index in [1.54, 1.807) is 0 Å². The van der Waals surface area contributed by atoms with Gasteiger partial charge in [0.2, 0.25) is 5.58 Å². The van der Waals surface area contributed by atoms with Crippen molar-refractivity contribution in [2.24, 2.45) is 0 Å². The summed E-state index contributed by atoms with van der Waals surface area (Å²) in [5.74, 6) is 1.79. The predicted octanol–water partition coefficient (Wildman–Crippen LogP) is 3.89. The minimum absolute atomic E-state index is 0.194. The number of morpholine rings is 1. The fourth-order valence-electron chi connectivity index (χ4n) is 4.71. The van der Waals surface area contributed by atoms with Gasteiger partial charge in [0.15, 0.2) is 11.6 Å². The molecule has 2 aliphatic heterocycles. The monoisotopic (exact) mass is 419 g/mol. The van der Waals surface area contributed by atoms with E-state index < -0.39 is 0 Å². The first-order valence-corrected chi connectivity index (χ1v) is 11.0. The second-order valence-corrected chi connectivity index (χ2v) is 8.36. The van der Waals surface area contributed by atoms with Gasteiger partial charge in [-0.15, -0.1) is 0 Å². The summed E-state index contributed by atoms with van der Waals surface area (Å²) in [4.78, 5) is 15.6. The van der Waals surface area contributed by atoms with Crippen LogP contribution in [0.15, 0.2) is 35.0 Å². The first-order valence-electron chi connectivity index (χ1n) is 11.0. The lowest BCUT2D eigenvalue weighted by atomic mass is 9.96. The van der Waals surface area contributed by atoms with Crippen LogP contribution >= 0.6 is 0 Å². The van der Waals surface area contributed by atoms with Crippen molar-refractivity contribution in [2.45, 2.75) is 31.7 Å². The van der Waals surface area contributed by atoms with Gasteiger partial charge in [-0.1, -0.05) is 17.3 Å². The topological polar surface area (TPSA) is 89.3 Å². The first-order chi connectivity index (χ1) is 15.3. The van der Waals surface area contributed by atoms with Gasteiger partial charge in [0.25, 0.3) is 0 Å². The molecular weight excluding hydrogens is 394 g/mol. The van der Waals surface area contributed by atoms with Gasteiger partial charge in [0.1, 0.15) is 11.2 Å². The Morgan fingerprint density at radius 3 is 2.84 bits per heavy atom. The molecule has 0 spiro atoms. The normalized spacial score (nSPS) is 20.7. The molecule has 5 heterocycles. The van der Waals surface area contributed by atoms with Crippen LogP contribution in [0.25, 0.3) is 33.4 Å². The van der Waals surface area contributed by atoms with Gasteiger partial charge in [0.05, 0.1) is 19.3 Å². The van der Waals surface area contributed by atoms with Crippen molar-refractivity contribution in [1.82, 2.24) is 20.1 Å². The number of H-pyrrole nitrogens is 1. The first kappa shape index (κ1) is 18.8. The summed E-state index contributed by atoms with van der Waals surface area (Å²) < 4.78 is 17.1. The molecule has 8 heteroatoms. The number of hydrogen-bond donors (Lipinski definition) is 1. The van der Waals surface area contributed by atoms with E-state index in [2.05, 4.69) is 40.2 Å². The van der Waals surface area contributed by atoms with Crippen LogP contribution < -0.4 is 4.90 Å². The van der Waals surface area contributed by atoms with Crippen LogP contribution in [0.3, 0.4) is 0 Å². The quantitative estimate of drug-likeness (QED) is 0.539. The lowest BCUT2D eigenvalue weighted by Gasteiger charge is -2.34. The number of benzene rings is 1. The highest BCUT2D eigenvalue weighted by Gasteiger charge is 2.30. The number of hydrogen-bond acceptors (Lipinski definition) is 7. The summed E-state index contributed by atoms with van der Waals surface area (Å²) in [6.45, 7) is 5.72. The number of aromatic nitrogens is 4. The third-order valence-corrected chi connectivity index (χ3v) is 6.41. The van der Waals surface area contributed by atoms with Crippen molar-refractivity contribution in [3.05, 3.63) is 36.2 Å². The number of ether oxygens (including phenoxy) is 2. The molecule has 6 rings (SSSR count). The van der Waals surface area contributed by atoms with Crippen LogP contribution in [0.4, 0.5) is 5.82 Å². The lowest BCUT2D eigenvalue weighted by molar-refractivity contribution is 0.0840. The van der Waals surface area contributed by atoms with Crippen LogP contribution in [0.5, 0.6) is 0 Å². The van der Waals surface area contributed by atoms with Gasteiger partial charge in [-0.2, -0.15) is 0 Å². The zero-order chi connectivity index (χ0) is 20.8. The minimum atomic E-state index is 0.194. The van der Waals surface area contributed by atoms with Crippen LogP contribution in [-0.4, -0.2) is 59.1 Å². The molecule has 0 bridgehead atoms. The van der Waals surface area contributed by atoms with E-state index in [1.165, 1.54) is 0 Å². The second kappa shape index (κ2) is 7.62. The molecule has 8 nitrogen and oxygen atoms in total. The van der Waals surface area contributed by atoms with Crippen LogP contribution in [0.1, 0.15) is 31.4 Å². The number of fused-ring (bicyclic) bond motifs is 2. The van der Waals surface area contributed by atoms with Crippen LogP contribution in [0, 0.1) is 0 Å². The molecule has 1 atom stereocenters. The highest BCUT2D eigenvalue weighted by atomic mass is 16.5. The minimum Gasteiger partial charge on any atom is -0.381 e. The predicted molar refractivity (Wildman–Crippen MR) is 117 cm³/mol. The fraction of sp³-hybridized carbons (Fsp3) is 0.435. The summed E-state index contributed by atoms with van der Waals surface area (Å²) in [6.07, 6.45) is 3.81. The molecule has 0 saturated carbocycles. The molecule has 2 aliphatic rings. The zero-order valence-corrected chi connectivity index (χ0v) is 17.5. The van der Waals surface area contributed by atoms with Crippen molar-refractivity contribution >= 4 is 27.8 Å². The maximum Gasteiger partial charge on any atom is 0.228 e. The van der Waals surface area contributed by atoms with E-state index in [4.69, 9.17) is 24.0 Å². The summed E-state index contributed by atoms with van der Waals surface area (Å²) in [5.41, 5.74) is 4.48. The van der Waals surface area contributed by atoms with E-state index in [-0.39, 0.29) is 12.0 Å². The fourth-order valence-corrected chi connectivity index (χ4v) is 4.71. The Kier molecular flexibility index (Phi) is 4.61. The second-order valence-electron chi connectivity index (χ2n) is 8.36. The van der Waals surface area contributed by atoms with Gasteiger partial charge in [-0.05, 0) is 31.9 Å². The van der Waals surface area contributed by atoms with Crippen molar-refractivity contribution in [2.75, 3.05) is 37.9 Å². The highest BCUT2D eigenvalue weighted by Crippen LogP contribution is 2.37. The molecule has 0 unspecified atom stereocenters. The molecule has 2 saturated heterocycles. The van der Waals surface area contributed by atoms with E-state index in [1.807, 2.05) is 12.3 Å². The number of anilines is 1. The Hall–Kier alpha value is -2.97. The van der Waals surface area contributed by atoms with Gasteiger partial charge in [-0.3, -0.25) is 0 Å². The molecule has 2 fully saturated rings. The number of aromatic amines is 1. The largest absolute Gasteiger partial charge is 0.381 e. The van der Waals surface area contributed by atoms with Gasteiger partial charge in [0, 0.05) is 48.3 Å². The van der Waals surface area contributed by atoms with Gasteiger partial charge in [-0.25, -0.2) is 9.97 Å². The summed E-state index contributed by atoms with van der Waals surface area (Å²) in [7, 11) is 0. The molecule has 0 aliphatic carbocycles. The number of rotatable bonds is 3. The average Bonchev–Trinajstić information content (AvgIpc) is 3.46. The van der Waals surface area contributed by atoms with Crippen molar-refractivity contribution in [3.8, 4) is 11.4 Å². The molecule has 4 aromatic rings. The zero-order valence-electron chi connectivity index (χ0n) is 17.5. The van der Waals surface area contributed by atoms with Gasteiger partial charge >= 0.3 is 0 Å². The Labute approximate surface area is 179 Å². The Morgan fingerprint density at radius 2 is 1.97 bits per heavy atom. The highest BCUT2D eigenvalue weighted by molar-refractivity contribution is 5.95. The lowest BCUT2D eigenvalue weighted by Crippen LogP contribution is -2.44. The smallest absolute Gasteiger partial charge is 0.228 e. The molecular formula is C23H25N5O3. The van der Waals surface area contributed by atoms with Crippen molar-refractivity contribution in [3.63, 3.8) is 0 Å². The average molecular weight is 419 g/mol. The van der Waals surface area contributed by atoms with Crippen LogP contribution in [-0.2, 0) is 9.47 Å². The molecule has 0 radical (unpaired) electrons. The van der Waals surface area contributed by atoms with Crippen molar-refractivity contribution in [1.29, 1.82) is 0 Å². The van der Waals surface area contributed by atoms with E-state index in [0.29, 0.717) is 24.6 Å².